The van der Waals surface area contributed by atoms with Gasteiger partial charge in [0.05, 0.1) is 30.1 Å². The number of benzene rings is 3. The maximum Gasteiger partial charge on any atom is 0.186 e. The van der Waals surface area contributed by atoms with E-state index in [1.54, 1.807) is 6.20 Å². The van der Waals surface area contributed by atoms with Crippen molar-refractivity contribution in [2.24, 2.45) is 4.99 Å². The van der Waals surface area contributed by atoms with Crippen molar-refractivity contribution in [1.82, 2.24) is 4.98 Å². The summed E-state index contributed by atoms with van der Waals surface area (Å²) >= 11 is 3.54. The molecule has 2 heterocycles. The van der Waals surface area contributed by atoms with Gasteiger partial charge < -0.3 is 9.47 Å². The summed E-state index contributed by atoms with van der Waals surface area (Å²) in [5, 5.41) is 0.970. The number of hydrogen-bond donors (Lipinski definition) is 0. The van der Waals surface area contributed by atoms with Crippen LogP contribution in [0.4, 0.5) is 5.69 Å². The first kappa shape index (κ1) is 19.1. The van der Waals surface area contributed by atoms with E-state index in [-0.39, 0.29) is 0 Å². The van der Waals surface area contributed by atoms with Gasteiger partial charge in [-0.05, 0) is 34.1 Å². The Morgan fingerprint density at radius 3 is 2.13 bits per heavy atom. The van der Waals surface area contributed by atoms with Crippen LogP contribution in [0.2, 0.25) is 0 Å². The number of rotatable bonds is 4. The zero-order valence-corrected chi connectivity index (χ0v) is 17.7. The summed E-state index contributed by atoms with van der Waals surface area (Å²) in [7, 11) is 0. The number of pyridine rings is 1. The van der Waals surface area contributed by atoms with Crippen molar-refractivity contribution in [2.45, 2.75) is 6.29 Å². The van der Waals surface area contributed by atoms with E-state index < -0.39 is 6.29 Å². The zero-order valence-electron chi connectivity index (χ0n) is 16.2. The minimum atomic E-state index is -0.462. The molecule has 4 aromatic rings. The van der Waals surface area contributed by atoms with Crippen molar-refractivity contribution in [3.8, 4) is 0 Å². The van der Waals surface area contributed by atoms with Gasteiger partial charge in [0.25, 0.3) is 0 Å². The molecule has 5 heteroatoms. The van der Waals surface area contributed by atoms with Crippen molar-refractivity contribution < 1.29 is 9.47 Å². The Bertz CT molecular complexity index is 1160. The highest BCUT2D eigenvalue weighted by atomic mass is 79.9. The fourth-order valence-corrected chi connectivity index (χ4v) is 3.99. The fourth-order valence-electron chi connectivity index (χ4n) is 3.66. The molecular formula is C25H19BrN2O2. The van der Waals surface area contributed by atoms with E-state index in [1.165, 1.54) is 0 Å². The van der Waals surface area contributed by atoms with Crippen molar-refractivity contribution >= 4 is 38.2 Å². The maximum absolute atomic E-state index is 5.89. The van der Waals surface area contributed by atoms with Crippen LogP contribution in [0.25, 0.3) is 10.9 Å². The Morgan fingerprint density at radius 2 is 1.50 bits per heavy atom. The predicted molar refractivity (Wildman–Crippen MR) is 122 cm³/mol. The third-order valence-corrected chi connectivity index (χ3v) is 5.47. The van der Waals surface area contributed by atoms with Crippen molar-refractivity contribution in [3.63, 3.8) is 0 Å². The van der Waals surface area contributed by atoms with Crippen molar-refractivity contribution in [2.75, 3.05) is 13.2 Å². The molecule has 0 saturated carbocycles. The molecule has 4 nitrogen and oxygen atoms in total. The third kappa shape index (κ3) is 3.79. The van der Waals surface area contributed by atoms with E-state index in [0.717, 1.165) is 43.5 Å². The van der Waals surface area contributed by atoms with Gasteiger partial charge in [-0.3, -0.25) is 4.98 Å². The van der Waals surface area contributed by atoms with Gasteiger partial charge in [0.2, 0.25) is 0 Å². The largest absolute Gasteiger partial charge is 0.346 e. The lowest BCUT2D eigenvalue weighted by atomic mass is 10.0. The second-order valence-electron chi connectivity index (χ2n) is 6.98. The average molecular weight is 459 g/mol. The fraction of sp³-hybridized carbons (Fsp3) is 0.120. The molecule has 1 fully saturated rings. The van der Waals surface area contributed by atoms with E-state index in [4.69, 9.17) is 14.5 Å². The second-order valence-corrected chi connectivity index (χ2v) is 7.90. The SMILES string of the molecule is Brc1cnc2ccc(N=C(c3ccccc3)c3ccccc3)c(C3OCCO3)c2c1. The van der Waals surface area contributed by atoms with E-state index in [2.05, 4.69) is 45.2 Å². The Morgan fingerprint density at radius 1 is 0.867 bits per heavy atom. The van der Waals surface area contributed by atoms with E-state index >= 15 is 0 Å². The quantitative estimate of drug-likeness (QED) is 0.341. The van der Waals surface area contributed by atoms with Gasteiger partial charge in [0.15, 0.2) is 6.29 Å². The van der Waals surface area contributed by atoms with E-state index in [9.17, 15) is 0 Å². The van der Waals surface area contributed by atoms with Gasteiger partial charge in [-0.1, -0.05) is 60.7 Å². The van der Waals surface area contributed by atoms with E-state index in [1.807, 2.05) is 54.6 Å². The number of aliphatic imine (C=N–C) groups is 1. The first-order valence-electron chi connectivity index (χ1n) is 9.80. The van der Waals surface area contributed by atoms with Crippen LogP contribution in [0.5, 0.6) is 0 Å². The Balaban J connectivity index is 1.76. The summed E-state index contributed by atoms with van der Waals surface area (Å²) in [6, 6.07) is 26.5. The van der Waals surface area contributed by atoms with Crippen molar-refractivity contribution in [1.29, 1.82) is 0 Å². The number of hydrogen-bond acceptors (Lipinski definition) is 4. The summed E-state index contributed by atoms with van der Waals surface area (Å²) in [6.45, 7) is 1.13. The lowest BCUT2D eigenvalue weighted by molar-refractivity contribution is -0.0425. The van der Waals surface area contributed by atoms with Gasteiger partial charge in [-0.2, -0.15) is 0 Å². The molecule has 0 spiro atoms. The highest BCUT2D eigenvalue weighted by molar-refractivity contribution is 9.10. The zero-order chi connectivity index (χ0) is 20.3. The molecule has 1 aromatic heterocycles. The number of halogens is 1. The standard InChI is InChI=1S/C25H19BrN2O2/c26-19-15-20-21(27-16-19)11-12-22(23(20)25-29-13-14-30-25)28-24(17-7-3-1-4-8-17)18-9-5-2-6-10-18/h1-12,15-16,25H,13-14H2. The van der Waals surface area contributed by atoms with Crippen LogP contribution >= 0.6 is 15.9 Å². The summed E-state index contributed by atoms with van der Waals surface area (Å²) in [4.78, 5) is 9.68. The molecule has 148 valence electrons. The first-order chi connectivity index (χ1) is 14.8. The molecule has 3 aromatic carbocycles. The Hall–Kier alpha value is -2.86. The van der Waals surface area contributed by atoms with Crippen LogP contribution in [-0.2, 0) is 9.47 Å². The summed E-state index contributed by atoms with van der Waals surface area (Å²) in [5.74, 6) is 0. The Labute approximate surface area is 183 Å². The highest BCUT2D eigenvalue weighted by Gasteiger charge is 2.25. The lowest BCUT2D eigenvalue weighted by Crippen LogP contribution is -2.05. The average Bonchev–Trinajstić information content (AvgIpc) is 3.32. The van der Waals surface area contributed by atoms with Crippen LogP contribution in [0.1, 0.15) is 23.0 Å². The van der Waals surface area contributed by atoms with Crippen LogP contribution < -0.4 is 0 Å². The number of nitrogens with zero attached hydrogens (tertiary/aromatic N) is 2. The molecule has 0 bridgehead atoms. The highest BCUT2D eigenvalue weighted by Crippen LogP contribution is 2.38. The topological polar surface area (TPSA) is 43.7 Å². The monoisotopic (exact) mass is 458 g/mol. The first-order valence-corrected chi connectivity index (χ1v) is 10.6. The minimum Gasteiger partial charge on any atom is -0.346 e. The van der Waals surface area contributed by atoms with Gasteiger partial charge >= 0.3 is 0 Å². The molecule has 1 saturated heterocycles. The molecule has 5 rings (SSSR count). The second kappa shape index (κ2) is 8.48. The van der Waals surface area contributed by atoms with E-state index in [0.29, 0.717) is 13.2 Å². The van der Waals surface area contributed by atoms with Crippen molar-refractivity contribution in [3.05, 3.63) is 106 Å². The molecule has 0 unspecified atom stereocenters. The van der Waals surface area contributed by atoms with Crippen LogP contribution in [0.3, 0.4) is 0 Å². The summed E-state index contributed by atoms with van der Waals surface area (Å²) < 4.78 is 12.7. The smallest absolute Gasteiger partial charge is 0.186 e. The molecule has 1 aliphatic heterocycles. The van der Waals surface area contributed by atoms with Crippen LogP contribution in [-0.4, -0.2) is 23.9 Å². The lowest BCUT2D eigenvalue weighted by Gasteiger charge is -2.17. The molecule has 0 aliphatic carbocycles. The van der Waals surface area contributed by atoms with Gasteiger partial charge in [0, 0.05) is 32.7 Å². The normalized spacial score (nSPS) is 14.2. The molecule has 0 N–H and O–H groups in total. The summed E-state index contributed by atoms with van der Waals surface area (Å²) in [5.41, 5.74) is 5.61. The summed E-state index contributed by atoms with van der Waals surface area (Å²) in [6.07, 6.45) is 1.33. The Kier molecular flexibility index (Phi) is 5.41. The molecular weight excluding hydrogens is 440 g/mol. The molecule has 0 radical (unpaired) electrons. The van der Waals surface area contributed by atoms with Gasteiger partial charge in [-0.25, -0.2) is 4.99 Å². The molecule has 1 aliphatic rings. The van der Waals surface area contributed by atoms with Gasteiger partial charge in [-0.15, -0.1) is 0 Å². The molecule has 30 heavy (non-hydrogen) atoms. The predicted octanol–water partition coefficient (Wildman–Crippen LogP) is 6.21. The minimum absolute atomic E-state index is 0.462. The maximum atomic E-state index is 5.89. The molecule has 0 atom stereocenters. The number of ether oxygens (including phenoxy) is 2. The van der Waals surface area contributed by atoms with Gasteiger partial charge in [0.1, 0.15) is 0 Å². The van der Waals surface area contributed by atoms with Crippen LogP contribution in [0, 0.1) is 0 Å². The molecule has 0 amide bonds. The number of fused-ring (bicyclic) bond motifs is 1. The van der Waals surface area contributed by atoms with Crippen LogP contribution in [0.15, 0.2) is 94.5 Å². The number of aromatic nitrogens is 1. The third-order valence-electron chi connectivity index (χ3n) is 5.03.